The van der Waals surface area contributed by atoms with Crippen LogP contribution < -0.4 is 5.32 Å². The van der Waals surface area contributed by atoms with Crippen molar-refractivity contribution in [1.29, 1.82) is 0 Å². The molecule has 1 aliphatic heterocycles. The largest absolute Gasteiger partial charge is 0.391 e. The summed E-state index contributed by atoms with van der Waals surface area (Å²) < 4.78 is 93.3. The van der Waals surface area contributed by atoms with E-state index in [9.17, 15) is 35.5 Å². The van der Waals surface area contributed by atoms with Gasteiger partial charge in [0.25, 0.3) is 5.91 Å². The van der Waals surface area contributed by atoms with E-state index in [1.807, 2.05) is 24.0 Å². The molecule has 0 spiro atoms. The van der Waals surface area contributed by atoms with Gasteiger partial charge in [-0.05, 0) is 99.8 Å². The van der Waals surface area contributed by atoms with Crippen molar-refractivity contribution in [3.8, 4) is 0 Å². The molecule has 2 aromatic rings. The molecule has 39 heavy (non-hydrogen) atoms. The monoisotopic (exact) mass is 558 g/mol. The van der Waals surface area contributed by atoms with Crippen LogP contribution in [0.4, 0.5) is 30.7 Å². The Morgan fingerprint density at radius 1 is 0.872 bits per heavy atom. The van der Waals surface area contributed by atoms with E-state index in [-0.39, 0.29) is 36.5 Å². The molecule has 1 N–H and O–H groups in total. The Morgan fingerprint density at radius 3 is 1.92 bits per heavy atom. The molecule has 1 heterocycles. The zero-order valence-electron chi connectivity index (χ0n) is 21.7. The molecule has 1 saturated heterocycles. The van der Waals surface area contributed by atoms with Crippen LogP contribution in [0.5, 0.6) is 0 Å². The topological polar surface area (TPSA) is 32.3 Å². The third kappa shape index (κ3) is 7.74. The Bertz CT molecular complexity index is 1070. The molecule has 10 heteroatoms. The van der Waals surface area contributed by atoms with E-state index >= 15 is 0 Å². The lowest BCUT2D eigenvalue weighted by molar-refractivity contribution is -0.230. The molecule has 3 nitrogen and oxygen atoms in total. The number of piperidine rings is 1. The first-order valence-electron chi connectivity index (χ1n) is 13.3. The summed E-state index contributed by atoms with van der Waals surface area (Å²) in [7, 11) is 0. The van der Waals surface area contributed by atoms with Crippen LogP contribution in [-0.4, -0.2) is 42.3 Å². The number of carbonyl (C=O) groups is 1. The lowest BCUT2D eigenvalue weighted by Gasteiger charge is -2.44. The SMILES string of the molecule is C[C@@H](NC(=O)c1ccc(CC2CCN(C3C[C@@H](C(F)(F)F)C[C@@H](C(F)(F)F)C3)CC2)cc1)c1ccc(F)cc1. The molecular formula is C29H33F7N2O. The van der Waals surface area contributed by atoms with Crippen molar-refractivity contribution >= 4 is 5.91 Å². The summed E-state index contributed by atoms with van der Waals surface area (Å²) in [6.07, 6.45) is -8.55. The molecule has 214 valence electrons. The summed E-state index contributed by atoms with van der Waals surface area (Å²) in [5, 5.41) is 2.89. The number of hydrogen-bond donors (Lipinski definition) is 1. The fourth-order valence-corrected chi connectivity index (χ4v) is 5.88. The lowest BCUT2D eigenvalue weighted by atomic mass is 9.76. The quantitative estimate of drug-likeness (QED) is 0.373. The molecule has 0 aromatic heterocycles. The van der Waals surface area contributed by atoms with Crippen LogP contribution in [0.25, 0.3) is 0 Å². The predicted molar refractivity (Wildman–Crippen MR) is 133 cm³/mol. The fraction of sp³-hybridized carbons (Fsp3) is 0.552. The van der Waals surface area contributed by atoms with E-state index in [0.29, 0.717) is 31.5 Å². The van der Waals surface area contributed by atoms with Crippen LogP contribution in [0.3, 0.4) is 0 Å². The second-order valence-corrected chi connectivity index (χ2v) is 11.0. The Labute approximate surface area is 223 Å². The van der Waals surface area contributed by atoms with Gasteiger partial charge in [0.15, 0.2) is 0 Å². The Hall–Kier alpha value is -2.62. The summed E-state index contributed by atoms with van der Waals surface area (Å²) >= 11 is 0. The van der Waals surface area contributed by atoms with Crippen molar-refractivity contribution in [2.75, 3.05) is 13.1 Å². The van der Waals surface area contributed by atoms with E-state index in [0.717, 1.165) is 17.5 Å². The van der Waals surface area contributed by atoms with Crippen molar-refractivity contribution in [3.63, 3.8) is 0 Å². The smallest absolute Gasteiger partial charge is 0.346 e. The fourth-order valence-electron chi connectivity index (χ4n) is 5.88. The molecule has 0 radical (unpaired) electrons. The van der Waals surface area contributed by atoms with E-state index in [1.54, 1.807) is 24.3 Å². The molecule has 1 aliphatic carbocycles. The van der Waals surface area contributed by atoms with Gasteiger partial charge in [0.1, 0.15) is 5.82 Å². The number of carbonyl (C=O) groups excluding carboxylic acids is 1. The number of amides is 1. The number of nitrogens with one attached hydrogen (secondary N) is 1. The standard InChI is InChI=1S/C29H33F7N2O/c1-18(21-6-8-25(30)9-7-21)37-27(39)22-4-2-19(3-5-22)14-20-10-12-38(13-11-20)26-16-23(28(31,32)33)15-24(17-26)29(34,35)36/h2-9,18,20,23-24,26H,10-17H2,1H3,(H,37,39)/t18-,23-,24+,26?/m1/s1. The molecule has 0 bridgehead atoms. The van der Waals surface area contributed by atoms with Gasteiger partial charge in [-0.2, -0.15) is 26.3 Å². The average Bonchev–Trinajstić information content (AvgIpc) is 2.88. The van der Waals surface area contributed by atoms with Crippen molar-refractivity contribution in [2.24, 2.45) is 17.8 Å². The summed E-state index contributed by atoms with van der Waals surface area (Å²) in [4.78, 5) is 14.4. The summed E-state index contributed by atoms with van der Waals surface area (Å²) in [6, 6.07) is 12.1. The molecule has 1 amide bonds. The number of rotatable bonds is 6. The van der Waals surface area contributed by atoms with Gasteiger partial charge in [-0.3, -0.25) is 4.79 Å². The number of nitrogens with zero attached hydrogens (tertiary/aromatic N) is 1. The molecule has 1 unspecified atom stereocenters. The number of halogens is 7. The summed E-state index contributed by atoms with van der Waals surface area (Å²) in [6.45, 7) is 2.77. The highest BCUT2D eigenvalue weighted by molar-refractivity contribution is 5.94. The second-order valence-electron chi connectivity index (χ2n) is 11.0. The van der Waals surface area contributed by atoms with Crippen LogP contribution in [0.2, 0.25) is 0 Å². The van der Waals surface area contributed by atoms with Crippen LogP contribution >= 0.6 is 0 Å². The minimum absolute atomic E-state index is 0.256. The van der Waals surface area contributed by atoms with Crippen molar-refractivity contribution in [3.05, 3.63) is 71.0 Å². The molecule has 4 atom stereocenters. The van der Waals surface area contributed by atoms with Crippen molar-refractivity contribution < 1.29 is 35.5 Å². The number of hydrogen-bond acceptors (Lipinski definition) is 2. The van der Waals surface area contributed by atoms with Crippen LogP contribution in [0.15, 0.2) is 48.5 Å². The minimum Gasteiger partial charge on any atom is -0.346 e. The van der Waals surface area contributed by atoms with Crippen LogP contribution in [0, 0.1) is 23.6 Å². The van der Waals surface area contributed by atoms with E-state index < -0.39 is 36.7 Å². The van der Waals surface area contributed by atoms with E-state index in [2.05, 4.69) is 5.32 Å². The molecule has 1 saturated carbocycles. The molecule has 2 aromatic carbocycles. The maximum Gasteiger partial charge on any atom is 0.391 e. The molecular weight excluding hydrogens is 525 g/mol. The lowest BCUT2D eigenvalue weighted by Crippen LogP contribution is -2.49. The molecule has 2 aliphatic rings. The third-order valence-corrected chi connectivity index (χ3v) is 8.23. The first kappa shape index (κ1) is 29.4. The van der Waals surface area contributed by atoms with Gasteiger partial charge >= 0.3 is 12.4 Å². The van der Waals surface area contributed by atoms with Gasteiger partial charge < -0.3 is 10.2 Å². The highest BCUT2D eigenvalue weighted by Gasteiger charge is 2.52. The molecule has 2 fully saturated rings. The number of alkyl halides is 6. The number of benzene rings is 2. The van der Waals surface area contributed by atoms with Crippen LogP contribution in [-0.2, 0) is 6.42 Å². The van der Waals surface area contributed by atoms with Crippen molar-refractivity contribution in [1.82, 2.24) is 10.2 Å². The zero-order valence-corrected chi connectivity index (χ0v) is 21.7. The predicted octanol–water partition coefficient (Wildman–Crippen LogP) is 7.48. The zero-order chi connectivity index (χ0) is 28.4. The van der Waals surface area contributed by atoms with Gasteiger partial charge in [-0.1, -0.05) is 24.3 Å². The van der Waals surface area contributed by atoms with Gasteiger partial charge in [-0.25, -0.2) is 4.39 Å². The molecule has 4 rings (SSSR count). The van der Waals surface area contributed by atoms with E-state index in [1.165, 1.54) is 12.1 Å². The van der Waals surface area contributed by atoms with Gasteiger partial charge in [0.2, 0.25) is 0 Å². The third-order valence-electron chi connectivity index (χ3n) is 8.23. The minimum atomic E-state index is -4.62. The average molecular weight is 559 g/mol. The Morgan fingerprint density at radius 2 is 1.41 bits per heavy atom. The second kappa shape index (κ2) is 11.9. The highest BCUT2D eigenvalue weighted by atomic mass is 19.4. The maximum absolute atomic E-state index is 13.4. The normalized spacial score (nSPS) is 24.4. The van der Waals surface area contributed by atoms with Crippen molar-refractivity contribution in [2.45, 2.75) is 69.9 Å². The van der Waals surface area contributed by atoms with Crippen LogP contribution in [0.1, 0.15) is 66.6 Å². The number of likely N-dealkylation sites (tertiary alicyclic amines) is 1. The Balaban J connectivity index is 1.28. The Kier molecular flexibility index (Phi) is 8.93. The van der Waals surface area contributed by atoms with E-state index in [4.69, 9.17) is 0 Å². The highest BCUT2D eigenvalue weighted by Crippen LogP contribution is 2.47. The van der Waals surface area contributed by atoms with Gasteiger partial charge in [0, 0.05) is 11.6 Å². The summed E-state index contributed by atoms with van der Waals surface area (Å²) in [5.41, 5.74) is 2.28. The first-order chi connectivity index (χ1) is 18.3. The van der Waals surface area contributed by atoms with Gasteiger partial charge in [-0.15, -0.1) is 0 Å². The summed E-state index contributed by atoms with van der Waals surface area (Å²) in [5.74, 6) is -4.18. The van der Waals surface area contributed by atoms with Gasteiger partial charge in [0.05, 0.1) is 17.9 Å². The first-order valence-corrected chi connectivity index (χ1v) is 13.3. The maximum atomic E-state index is 13.4.